The second kappa shape index (κ2) is 9.77. The third-order valence-electron chi connectivity index (χ3n) is 8.46. The minimum absolute atomic E-state index is 0.0245. The minimum Gasteiger partial charge on any atom is -0.0561 e. The summed E-state index contributed by atoms with van der Waals surface area (Å²) < 4.78 is 0. The summed E-state index contributed by atoms with van der Waals surface area (Å²) in [4.78, 5) is 0. The van der Waals surface area contributed by atoms with Crippen LogP contribution in [0.15, 0.2) is 24.3 Å². The Hall–Kier alpha value is -1.56. The normalized spacial score (nSPS) is 14.7. The monoisotopic (exact) mass is 533 g/mol. The van der Waals surface area contributed by atoms with Gasteiger partial charge in [0, 0.05) is 5.41 Å². The van der Waals surface area contributed by atoms with E-state index in [1.165, 1.54) is 44.5 Å². The molecule has 2 rings (SSSR count). The molecule has 0 unspecified atom stereocenters. The second-order valence-corrected chi connectivity index (χ2v) is 19.0. The Balaban J connectivity index is 3.23. The van der Waals surface area contributed by atoms with Gasteiger partial charge in [-0.15, -0.1) is 0 Å². The summed E-state index contributed by atoms with van der Waals surface area (Å²) in [5, 5.41) is 0. The van der Waals surface area contributed by atoms with Gasteiger partial charge in [0.1, 0.15) is 0 Å². The average Bonchev–Trinajstić information content (AvgIpc) is 2.67. The lowest BCUT2D eigenvalue weighted by Gasteiger charge is -2.42. The van der Waals surface area contributed by atoms with Crippen LogP contribution in [-0.2, 0) is 37.9 Å². The molecule has 0 N–H and O–H groups in total. The molecule has 0 saturated carbocycles. The van der Waals surface area contributed by atoms with E-state index in [1.807, 2.05) is 0 Å². The molecule has 0 nitrogen and oxygen atoms in total. The van der Waals surface area contributed by atoms with Crippen LogP contribution in [0.1, 0.15) is 183 Å². The number of benzene rings is 2. The van der Waals surface area contributed by atoms with Gasteiger partial charge >= 0.3 is 0 Å². The van der Waals surface area contributed by atoms with Crippen LogP contribution in [0.5, 0.6) is 0 Å². The SMILES string of the molecule is CC(C)(C)c1cc(C(C)(C)C)c(C(C)(C)C)c(C(C)(C)c2cc(C(C)(C)C)c(C(C)(C)C)c(C(C)(C)C)c2)c1. The maximum Gasteiger partial charge on any atom is 0.0149 e. The van der Waals surface area contributed by atoms with Crippen LogP contribution >= 0.6 is 0 Å². The van der Waals surface area contributed by atoms with Crippen LogP contribution < -0.4 is 0 Å². The highest BCUT2D eigenvalue weighted by atomic mass is 14.4. The largest absolute Gasteiger partial charge is 0.0561 e. The summed E-state index contributed by atoms with van der Waals surface area (Å²) in [6.07, 6.45) is 0. The van der Waals surface area contributed by atoms with Crippen molar-refractivity contribution in [2.75, 3.05) is 0 Å². The number of rotatable bonds is 2. The van der Waals surface area contributed by atoms with E-state index in [4.69, 9.17) is 0 Å². The van der Waals surface area contributed by atoms with Crippen molar-refractivity contribution in [2.45, 2.75) is 176 Å². The lowest BCUT2D eigenvalue weighted by Crippen LogP contribution is -2.33. The van der Waals surface area contributed by atoms with Gasteiger partial charge in [-0.2, -0.15) is 0 Å². The molecular weight excluding hydrogens is 468 g/mol. The summed E-state index contributed by atoms with van der Waals surface area (Å²) in [7, 11) is 0. The van der Waals surface area contributed by atoms with Gasteiger partial charge in [-0.25, -0.2) is 0 Å². The molecular formula is C39H64. The Bertz CT molecular complexity index is 1150. The maximum absolute atomic E-state index is 2.57. The number of hydrogen-bond acceptors (Lipinski definition) is 0. The van der Waals surface area contributed by atoms with E-state index in [9.17, 15) is 0 Å². The predicted octanol–water partition coefficient (Wildman–Crippen LogP) is 11.8. The summed E-state index contributed by atoms with van der Waals surface area (Å²) in [6.45, 7) is 47.9. The van der Waals surface area contributed by atoms with Gasteiger partial charge in [0.05, 0.1) is 0 Å². The Morgan fingerprint density at radius 3 is 0.795 bits per heavy atom. The standard InChI is InChI=1S/C39H64/c1-33(2,3)25-21-27(34(4,5)6)32(38(16,17)18)30(22-25)39(19,20)26-23-28(35(7,8)9)31(37(13,14)15)29(24-26)36(10,11)12/h21-24H,1-20H3. The number of hydrogen-bond donors (Lipinski definition) is 0. The fourth-order valence-corrected chi connectivity index (χ4v) is 6.12. The first-order valence-electron chi connectivity index (χ1n) is 15.3. The third-order valence-corrected chi connectivity index (χ3v) is 8.46. The van der Waals surface area contributed by atoms with E-state index < -0.39 is 0 Å². The topological polar surface area (TPSA) is 0 Å². The molecule has 0 atom stereocenters. The van der Waals surface area contributed by atoms with Crippen molar-refractivity contribution in [2.24, 2.45) is 0 Å². The molecule has 0 radical (unpaired) electrons. The lowest BCUT2D eigenvalue weighted by atomic mass is 9.62. The van der Waals surface area contributed by atoms with Gasteiger partial charge < -0.3 is 0 Å². The molecule has 0 saturated heterocycles. The molecule has 0 aliphatic rings. The van der Waals surface area contributed by atoms with Gasteiger partial charge in [0.2, 0.25) is 0 Å². The van der Waals surface area contributed by atoms with E-state index >= 15 is 0 Å². The highest BCUT2D eigenvalue weighted by molar-refractivity contribution is 5.57. The van der Waals surface area contributed by atoms with Crippen molar-refractivity contribution < 1.29 is 0 Å². The fourth-order valence-electron chi connectivity index (χ4n) is 6.12. The van der Waals surface area contributed by atoms with Crippen molar-refractivity contribution in [3.8, 4) is 0 Å². The lowest BCUT2D eigenvalue weighted by molar-refractivity contribution is 0.486. The average molecular weight is 533 g/mol. The molecule has 0 bridgehead atoms. The van der Waals surface area contributed by atoms with Crippen molar-refractivity contribution in [1.82, 2.24) is 0 Å². The van der Waals surface area contributed by atoms with E-state index in [-0.39, 0.29) is 37.9 Å². The molecule has 39 heavy (non-hydrogen) atoms. The van der Waals surface area contributed by atoms with Gasteiger partial charge in [-0.1, -0.05) is 163 Å². The molecule has 0 spiro atoms. The minimum atomic E-state index is -0.166. The van der Waals surface area contributed by atoms with Gasteiger partial charge in [0.15, 0.2) is 0 Å². The molecule has 0 aliphatic carbocycles. The smallest absolute Gasteiger partial charge is 0.0149 e. The van der Waals surface area contributed by atoms with Gasteiger partial charge in [-0.05, 0) is 77.0 Å². The summed E-state index contributed by atoms with van der Waals surface area (Å²) in [6, 6.07) is 10.2. The van der Waals surface area contributed by atoms with Crippen molar-refractivity contribution in [1.29, 1.82) is 0 Å². The van der Waals surface area contributed by atoms with Crippen LogP contribution in [0.2, 0.25) is 0 Å². The maximum atomic E-state index is 2.57. The first-order chi connectivity index (χ1) is 16.9. The molecule has 0 fully saturated rings. The van der Waals surface area contributed by atoms with E-state index in [1.54, 1.807) is 0 Å². The molecule has 220 valence electrons. The Labute approximate surface area is 244 Å². The quantitative estimate of drug-likeness (QED) is 0.361. The van der Waals surface area contributed by atoms with Crippen LogP contribution in [-0.4, -0.2) is 0 Å². The highest BCUT2D eigenvalue weighted by Crippen LogP contribution is 2.48. The van der Waals surface area contributed by atoms with Crippen LogP contribution in [0.25, 0.3) is 0 Å². The van der Waals surface area contributed by atoms with Crippen LogP contribution in [0.4, 0.5) is 0 Å². The van der Waals surface area contributed by atoms with E-state index in [2.05, 4.69) is 163 Å². The Morgan fingerprint density at radius 2 is 0.538 bits per heavy atom. The first kappa shape index (κ1) is 33.6. The zero-order valence-corrected chi connectivity index (χ0v) is 29.8. The van der Waals surface area contributed by atoms with Crippen molar-refractivity contribution in [3.63, 3.8) is 0 Å². The molecule has 0 amide bonds. The Morgan fingerprint density at radius 1 is 0.282 bits per heavy atom. The fraction of sp³-hybridized carbons (Fsp3) is 0.692. The summed E-state index contributed by atoms with van der Waals surface area (Å²) in [5.41, 5.74) is 12.0. The zero-order chi connectivity index (χ0) is 30.9. The Kier molecular flexibility index (Phi) is 8.43. The molecule has 0 aromatic heterocycles. The first-order valence-corrected chi connectivity index (χ1v) is 15.3. The summed E-state index contributed by atoms with van der Waals surface area (Å²) in [5.74, 6) is 0. The van der Waals surface area contributed by atoms with Crippen molar-refractivity contribution >= 4 is 0 Å². The molecule has 0 aliphatic heterocycles. The molecule has 0 heteroatoms. The second-order valence-electron chi connectivity index (χ2n) is 19.0. The van der Waals surface area contributed by atoms with E-state index in [0.717, 1.165) is 0 Å². The third kappa shape index (κ3) is 7.02. The molecule has 2 aromatic rings. The van der Waals surface area contributed by atoms with Gasteiger partial charge in [-0.3, -0.25) is 0 Å². The molecule has 2 aromatic carbocycles. The van der Waals surface area contributed by atoms with Gasteiger partial charge in [0.25, 0.3) is 0 Å². The summed E-state index contributed by atoms with van der Waals surface area (Å²) >= 11 is 0. The van der Waals surface area contributed by atoms with E-state index in [0.29, 0.717) is 0 Å². The van der Waals surface area contributed by atoms with Crippen LogP contribution in [0, 0.1) is 0 Å². The van der Waals surface area contributed by atoms with Crippen LogP contribution in [0.3, 0.4) is 0 Å². The molecule has 0 heterocycles. The predicted molar refractivity (Wildman–Crippen MR) is 177 cm³/mol. The highest BCUT2D eigenvalue weighted by Gasteiger charge is 2.39. The van der Waals surface area contributed by atoms with Crippen molar-refractivity contribution in [3.05, 3.63) is 68.8 Å². The zero-order valence-electron chi connectivity index (χ0n) is 29.8.